The van der Waals surface area contributed by atoms with Gasteiger partial charge in [-0.05, 0) is 38.7 Å². The van der Waals surface area contributed by atoms with Crippen LogP contribution in [-0.4, -0.2) is 27.8 Å². The van der Waals surface area contributed by atoms with Crippen molar-refractivity contribution < 1.29 is 4.79 Å². The molecule has 1 amide bonds. The number of nitrogens with zero attached hydrogens (tertiary/aromatic N) is 2. The maximum atomic E-state index is 12.5. The van der Waals surface area contributed by atoms with Gasteiger partial charge in [0.05, 0.1) is 11.2 Å². The topological polar surface area (TPSA) is 72.9 Å². The van der Waals surface area contributed by atoms with E-state index in [2.05, 4.69) is 17.3 Å². The van der Waals surface area contributed by atoms with E-state index >= 15 is 0 Å². The van der Waals surface area contributed by atoms with Crippen molar-refractivity contribution in [1.82, 2.24) is 15.1 Å². The number of amides is 1. The van der Waals surface area contributed by atoms with Crippen molar-refractivity contribution >= 4 is 5.91 Å². The summed E-state index contributed by atoms with van der Waals surface area (Å²) in [6.45, 7) is 6.58. The fraction of sp³-hybridized carbons (Fsp3) is 0.750. The normalized spacial score (nSPS) is 18.7. The molecule has 21 heavy (non-hydrogen) atoms. The maximum Gasteiger partial charge on any atom is 0.223 e. The molecule has 1 saturated carbocycles. The van der Waals surface area contributed by atoms with E-state index in [0.29, 0.717) is 6.54 Å². The molecule has 2 rings (SSSR count). The molecule has 0 radical (unpaired) electrons. The van der Waals surface area contributed by atoms with Crippen LogP contribution in [0.2, 0.25) is 0 Å². The first-order valence-electron chi connectivity index (χ1n) is 7.90. The second-order valence-electron chi connectivity index (χ2n) is 6.56. The first-order chi connectivity index (χ1) is 9.88. The Morgan fingerprint density at radius 3 is 2.52 bits per heavy atom. The van der Waals surface area contributed by atoms with Crippen LogP contribution >= 0.6 is 0 Å². The molecule has 1 heterocycles. The molecule has 5 heteroatoms. The lowest BCUT2D eigenvalue weighted by Crippen LogP contribution is -2.53. The van der Waals surface area contributed by atoms with E-state index in [9.17, 15) is 4.79 Å². The largest absolute Gasteiger partial charge is 0.349 e. The number of aryl methyl sites for hydroxylation is 2. The number of hydrogen-bond donors (Lipinski definition) is 2. The molecule has 1 aromatic rings. The molecule has 3 N–H and O–H groups in total. The molecule has 0 spiro atoms. The monoisotopic (exact) mass is 292 g/mol. The zero-order valence-corrected chi connectivity index (χ0v) is 13.7. The molecule has 0 aromatic carbocycles. The molecule has 1 aliphatic carbocycles. The molecule has 0 bridgehead atoms. The van der Waals surface area contributed by atoms with Crippen LogP contribution in [-0.2, 0) is 18.3 Å². The SMILES string of the molecule is Cc1nn(C)c(C)c1CC(C)C(=O)NC1(CN)CCCC1. The third-order valence-electron chi connectivity index (χ3n) is 4.96. The predicted octanol–water partition coefficient (Wildman–Crippen LogP) is 1.60. The minimum Gasteiger partial charge on any atom is -0.349 e. The molecule has 0 aliphatic heterocycles. The summed E-state index contributed by atoms with van der Waals surface area (Å²) in [4.78, 5) is 12.5. The Balaban J connectivity index is 2.02. The van der Waals surface area contributed by atoms with Gasteiger partial charge in [0.15, 0.2) is 0 Å². The minimum atomic E-state index is -0.162. The fourth-order valence-corrected chi connectivity index (χ4v) is 3.33. The average molecular weight is 292 g/mol. The Kier molecular flexibility index (Phi) is 4.71. The number of carbonyl (C=O) groups excluding carboxylic acids is 1. The zero-order chi connectivity index (χ0) is 15.6. The summed E-state index contributed by atoms with van der Waals surface area (Å²) < 4.78 is 1.88. The van der Waals surface area contributed by atoms with Gasteiger partial charge in [0.25, 0.3) is 0 Å². The Morgan fingerprint density at radius 1 is 1.43 bits per heavy atom. The lowest BCUT2D eigenvalue weighted by atomic mass is 9.94. The molecule has 1 aromatic heterocycles. The first-order valence-corrected chi connectivity index (χ1v) is 7.90. The zero-order valence-electron chi connectivity index (χ0n) is 13.7. The minimum absolute atomic E-state index is 0.0596. The highest BCUT2D eigenvalue weighted by atomic mass is 16.2. The van der Waals surface area contributed by atoms with E-state index in [4.69, 9.17) is 5.73 Å². The molecule has 1 atom stereocenters. The van der Waals surface area contributed by atoms with Crippen molar-refractivity contribution in [3.63, 3.8) is 0 Å². The van der Waals surface area contributed by atoms with Gasteiger partial charge in [-0.25, -0.2) is 0 Å². The van der Waals surface area contributed by atoms with Crippen molar-refractivity contribution in [2.75, 3.05) is 6.54 Å². The van der Waals surface area contributed by atoms with E-state index in [-0.39, 0.29) is 17.4 Å². The highest BCUT2D eigenvalue weighted by molar-refractivity contribution is 5.79. The van der Waals surface area contributed by atoms with Crippen molar-refractivity contribution in [1.29, 1.82) is 0 Å². The smallest absolute Gasteiger partial charge is 0.223 e. The molecule has 1 fully saturated rings. The fourth-order valence-electron chi connectivity index (χ4n) is 3.33. The first kappa shape index (κ1) is 16.0. The van der Waals surface area contributed by atoms with Gasteiger partial charge >= 0.3 is 0 Å². The summed E-state index contributed by atoms with van der Waals surface area (Å²) in [5.41, 5.74) is 9.08. The molecular weight excluding hydrogens is 264 g/mol. The second-order valence-corrected chi connectivity index (χ2v) is 6.56. The van der Waals surface area contributed by atoms with E-state index in [0.717, 1.165) is 43.5 Å². The number of carbonyl (C=O) groups is 1. The summed E-state index contributed by atoms with van der Waals surface area (Å²) in [5, 5.41) is 7.64. The maximum absolute atomic E-state index is 12.5. The second kappa shape index (κ2) is 6.18. The third-order valence-corrected chi connectivity index (χ3v) is 4.96. The summed E-state index contributed by atoms with van der Waals surface area (Å²) in [7, 11) is 1.94. The van der Waals surface area contributed by atoms with Crippen LogP contribution in [0.5, 0.6) is 0 Å². The van der Waals surface area contributed by atoms with Gasteiger partial charge < -0.3 is 11.1 Å². The summed E-state index contributed by atoms with van der Waals surface area (Å²) in [6.07, 6.45) is 5.07. The summed E-state index contributed by atoms with van der Waals surface area (Å²) in [5.74, 6) is 0.0561. The van der Waals surface area contributed by atoms with Gasteiger partial charge in [0, 0.05) is 25.2 Å². The number of hydrogen-bond acceptors (Lipinski definition) is 3. The Hall–Kier alpha value is -1.36. The lowest BCUT2D eigenvalue weighted by Gasteiger charge is -2.30. The van der Waals surface area contributed by atoms with Gasteiger partial charge in [0.1, 0.15) is 0 Å². The number of aromatic nitrogens is 2. The van der Waals surface area contributed by atoms with Gasteiger partial charge in [0.2, 0.25) is 5.91 Å². The van der Waals surface area contributed by atoms with Crippen LogP contribution in [0.4, 0.5) is 0 Å². The molecule has 5 nitrogen and oxygen atoms in total. The predicted molar refractivity (Wildman–Crippen MR) is 83.9 cm³/mol. The van der Waals surface area contributed by atoms with Gasteiger partial charge in [-0.2, -0.15) is 5.10 Å². The van der Waals surface area contributed by atoms with Gasteiger partial charge in [-0.3, -0.25) is 9.48 Å². The Morgan fingerprint density at radius 2 is 2.05 bits per heavy atom. The number of rotatable bonds is 5. The van der Waals surface area contributed by atoms with Crippen molar-refractivity contribution in [2.24, 2.45) is 18.7 Å². The quantitative estimate of drug-likeness (QED) is 0.866. The van der Waals surface area contributed by atoms with E-state index in [1.165, 1.54) is 5.56 Å². The van der Waals surface area contributed by atoms with Crippen molar-refractivity contribution in [2.45, 2.75) is 58.4 Å². The molecular formula is C16H28N4O. The van der Waals surface area contributed by atoms with E-state index in [1.54, 1.807) is 0 Å². The Bertz CT molecular complexity index is 515. The highest BCUT2D eigenvalue weighted by Gasteiger charge is 2.35. The average Bonchev–Trinajstić information content (AvgIpc) is 3.00. The summed E-state index contributed by atoms with van der Waals surface area (Å²) >= 11 is 0. The van der Waals surface area contributed by atoms with Gasteiger partial charge in [-0.1, -0.05) is 19.8 Å². The van der Waals surface area contributed by atoms with Crippen LogP contribution < -0.4 is 11.1 Å². The van der Waals surface area contributed by atoms with Crippen LogP contribution in [0.25, 0.3) is 0 Å². The van der Waals surface area contributed by atoms with E-state index in [1.807, 2.05) is 25.6 Å². The molecule has 1 unspecified atom stereocenters. The van der Waals surface area contributed by atoms with Crippen LogP contribution in [0.3, 0.4) is 0 Å². The van der Waals surface area contributed by atoms with Crippen LogP contribution in [0.15, 0.2) is 0 Å². The number of nitrogens with two attached hydrogens (primary N) is 1. The van der Waals surface area contributed by atoms with Gasteiger partial charge in [-0.15, -0.1) is 0 Å². The van der Waals surface area contributed by atoms with Crippen LogP contribution in [0, 0.1) is 19.8 Å². The molecule has 0 saturated heterocycles. The Labute approximate surface area is 127 Å². The lowest BCUT2D eigenvalue weighted by molar-refractivity contribution is -0.126. The van der Waals surface area contributed by atoms with Crippen molar-refractivity contribution in [3.8, 4) is 0 Å². The van der Waals surface area contributed by atoms with Crippen LogP contribution in [0.1, 0.15) is 49.6 Å². The standard InChI is InChI=1S/C16H28N4O/c1-11(9-14-12(2)19-20(4)13(14)3)15(21)18-16(10-17)7-5-6-8-16/h11H,5-10,17H2,1-4H3,(H,18,21). The van der Waals surface area contributed by atoms with Crippen molar-refractivity contribution in [3.05, 3.63) is 17.0 Å². The molecule has 118 valence electrons. The number of nitrogens with one attached hydrogen (secondary N) is 1. The third kappa shape index (κ3) is 3.28. The summed E-state index contributed by atoms with van der Waals surface area (Å²) in [6, 6.07) is 0. The van der Waals surface area contributed by atoms with E-state index < -0.39 is 0 Å². The molecule has 1 aliphatic rings. The highest BCUT2D eigenvalue weighted by Crippen LogP contribution is 2.29.